The standard InChI is InChI=1S/C30H27N3O/c1-21(22-10-3-2-4-11-22)32-20-25(18-29(32)34)30-31-27-16-7-8-17-28(27)33(30)19-24-14-9-13-23-12-5-6-15-26(23)24/h2-17,21,25H,18-20H2,1H3. The predicted octanol–water partition coefficient (Wildman–Crippen LogP) is 6.31. The highest BCUT2D eigenvalue weighted by Crippen LogP contribution is 2.35. The SMILES string of the molecule is CC(c1ccccc1)N1CC(c2nc3ccccc3n2Cc2cccc3ccccc23)CC1=O. The van der Waals surface area contributed by atoms with Crippen LogP contribution in [0.1, 0.15) is 42.3 Å². The first-order valence-corrected chi connectivity index (χ1v) is 12.0. The van der Waals surface area contributed by atoms with E-state index in [2.05, 4.69) is 84.3 Å². The van der Waals surface area contributed by atoms with Crippen LogP contribution in [0.3, 0.4) is 0 Å². The van der Waals surface area contributed by atoms with E-state index >= 15 is 0 Å². The minimum atomic E-state index is 0.0506. The maximum atomic E-state index is 13.1. The maximum absolute atomic E-state index is 13.1. The Labute approximate surface area is 199 Å². The van der Waals surface area contributed by atoms with Crippen molar-refractivity contribution in [1.82, 2.24) is 14.5 Å². The van der Waals surface area contributed by atoms with Crippen LogP contribution in [0.4, 0.5) is 0 Å². The molecular formula is C30H27N3O. The number of aromatic nitrogens is 2. The molecule has 2 atom stereocenters. The summed E-state index contributed by atoms with van der Waals surface area (Å²) < 4.78 is 2.33. The second kappa shape index (κ2) is 8.45. The number of hydrogen-bond donors (Lipinski definition) is 0. The number of para-hydroxylation sites is 2. The normalized spacial score (nSPS) is 17.0. The van der Waals surface area contributed by atoms with Crippen molar-refractivity contribution >= 4 is 27.7 Å². The number of fused-ring (bicyclic) bond motifs is 2. The van der Waals surface area contributed by atoms with E-state index in [4.69, 9.17) is 4.98 Å². The van der Waals surface area contributed by atoms with Crippen LogP contribution in [0.2, 0.25) is 0 Å². The number of carbonyl (C=O) groups is 1. The molecule has 0 bridgehead atoms. The average molecular weight is 446 g/mol. The van der Waals surface area contributed by atoms with E-state index in [1.807, 2.05) is 29.2 Å². The molecule has 34 heavy (non-hydrogen) atoms. The van der Waals surface area contributed by atoms with Gasteiger partial charge < -0.3 is 9.47 Å². The van der Waals surface area contributed by atoms with Crippen molar-refractivity contribution in [3.8, 4) is 0 Å². The fourth-order valence-electron chi connectivity index (χ4n) is 5.36. The van der Waals surface area contributed by atoms with Crippen LogP contribution in [-0.2, 0) is 11.3 Å². The van der Waals surface area contributed by atoms with Gasteiger partial charge in [-0.05, 0) is 41.0 Å². The molecule has 4 nitrogen and oxygen atoms in total. The summed E-state index contributed by atoms with van der Waals surface area (Å²) in [6.45, 7) is 3.54. The second-order valence-electron chi connectivity index (χ2n) is 9.22. The van der Waals surface area contributed by atoms with E-state index in [9.17, 15) is 4.79 Å². The molecule has 1 aliphatic heterocycles. The van der Waals surface area contributed by atoms with E-state index in [-0.39, 0.29) is 17.9 Å². The molecule has 1 saturated heterocycles. The van der Waals surface area contributed by atoms with Gasteiger partial charge >= 0.3 is 0 Å². The monoisotopic (exact) mass is 445 g/mol. The Bertz CT molecular complexity index is 1480. The zero-order valence-electron chi connectivity index (χ0n) is 19.3. The Morgan fingerprint density at radius 3 is 2.50 bits per heavy atom. The summed E-state index contributed by atoms with van der Waals surface area (Å²) >= 11 is 0. The molecule has 4 heteroatoms. The Kier molecular flexibility index (Phi) is 5.14. The number of benzene rings is 4. The van der Waals surface area contributed by atoms with Crippen LogP contribution in [-0.4, -0.2) is 26.9 Å². The molecule has 0 aliphatic carbocycles. The molecular weight excluding hydrogens is 418 g/mol. The molecule has 1 amide bonds. The van der Waals surface area contributed by atoms with Crippen LogP contribution in [0, 0.1) is 0 Å². The van der Waals surface area contributed by atoms with Gasteiger partial charge in [0.2, 0.25) is 5.91 Å². The lowest BCUT2D eigenvalue weighted by atomic mass is 10.0. The summed E-state index contributed by atoms with van der Waals surface area (Å²) in [5, 5.41) is 2.50. The van der Waals surface area contributed by atoms with Gasteiger partial charge in [0.25, 0.3) is 0 Å². The molecule has 6 rings (SSSR count). The van der Waals surface area contributed by atoms with Crippen molar-refractivity contribution in [1.29, 1.82) is 0 Å². The number of nitrogens with zero attached hydrogens (tertiary/aromatic N) is 3. The molecule has 0 radical (unpaired) electrons. The fourth-order valence-corrected chi connectivity index (χ4v) is 5.36. The zero-order valence-corrected chi connectivity index (χ0v) is 19.3. The second-order valence-corrected chi connectivity index (χ2v) is 9.22. The number of imidazole rings is 1. The molecule has 4 aromatic carbocycles. The predicted molar refractivity (Wildman–Crippen MR) is 137 cm³/mol. The highest BCUT2D eigenvalue weighted by Gasteiger charge is 2.36. The van der Waals surface area contributed by atoms with E-state index in [1.54, 1.807) is 0 Å². The topological polar surface area (TPSA) is 38.1 Å². The highest BCUT2D eigenvalue weighted by molar-refractivity contribution is 5.86. The van der Waals surface area contributed by atoms with Crippen molar-refractivity contribution in [2.45, 2.75) is 31.8 Å². The number of likely N-dealkylation sites (tertiary alicyclic amines) is 1. The van der Waals surface area contributed by atoms with Crippen LogP contribution >= 0.6 is 0 Å². The molecule has 168 valence electrons. The third-order valence-electron chi connectivity index (χ3n) is 7.17. The summed E-state index contributed by atoms with van der Waals surface area (Å²) in [6.07, 6.45) is 0.496. The molecule has 1 aromatic heterocycles. The molecule has 2 unspecified atom stereocenters. The summed E-state index contributed by atoms with van der Waals surface area (Å²) in [5.41, 5.74) is 4.54. The van der Waals surface area contributed by atoms with Crippen LogP contribution in [0.25, 0.3) is 21.8 Å². The van der Waals surface area contributed by atoms with Gasteiger partial charge in [-0.2, -0.15) is 0 Å². The smallest absolute Gasteiger partial charge is 0.223 e. The molecule has 1 aliphatic rings. The number of rotatable bonds is 5. The Balaban J connectivity index is 1.39. The number of carbonyl (C=O) groups excluding carboxylic acids is 1. The van der Waals surface area contributed by atoms with Crippen LogP contribution in [0.15, 0.2) is 97.1 Å². The summed E-state index contributed by atoms with van der Waals surface area (Å²) in [7, 11) is 0. The first-order chi connectivity index (χ1) is 16.7. The lowest BCUT2D eigenvalue weighted by molar-refractivity contribution is -0.129. The van der Waals surface area contributed by atoms with Crippen LogP contribution in [0.5, 0.6) is 0 Å². The van der Waals surface area contributed by atoms with Crippen molar-refractivity contribution in [2.24, 2.45) is 0 Å². The van der Waals surface area contributed by atoms with Crippen LogP contribution < -0.4 is 0 Å². The summed E-state index contributed by atoms with van der Waals surface area (Å²) in [4.78, 5) is 20.2. The lowest BCUT2D eigenvalue weighted by Crippen LogP contribution is -2.28. The molecule has 2 heterocycles. The van der Waals surface area contributed by atoms with Gasteiger partial charge in [0.05, 0.1) is 17.1 Å². The third kappa shape index (κ3) is 3.56. The first-order valence-electron chi connectivity index (χ1n) is 12.0. The Hall–Kier alpha value is -3.92. The van der Waals surface area contributed by atoms with Gasteiger partial charge in [-0.15, -0.1) is 0 Å². The Morgan fingerprint density at radius 2 is 1.62 bits per heavy atom. The lowest BCUT2D eigenvalue weighted by Gasteiger charge is -2.25. The minimum Gasteiger partial charge on any atom is -0.335 e. The summed E-state index contributed by atoms with van der Waals surface area (Å²) in [5.74, 6) is 1.27. The van der Waals surface area contributed by atoms with E-state index in [1.165, 1.54) is 21.9 Å². The van der Waals surface area contributed by atoms with Crippen molar-refractivity contribution in [3.63, 3.8) is 0 Å². The fraction of sp³-hybridized carbons (Fsp3) is 0.200. The number of amides is 1. The van der Waals surface area contributed by atoms with Gasteiger partial charge in [-0.3, -0.25) is 4.79 Å². The van der Waals surface area contributed by atoms with Gasteiger partial charge in [0.15, 0.2) is 0 Å². The van der Waals surface area contributed by atoms with Crippen molar-refractivity contribution < 1.29 is 4.79 Å². The highest BCUT2D eigenvalue weighted by atomic mass is 16.2. The number of hydrogen-bond acceptors (Lipinski definition) is 2. The molecule has 0 saturated carbocycles. The molecule has 1 fully saturated rings. The largest absolute Gasteiger partial charge is 0.335 e. The minimum absolute atomic E-state index is 0.0506. The van der Waals surface area contributed by atoms with Gasteiger partial charge in [0.1, 0.15) is 5.82 Å². The average Bonchev–Trinajstić information content (AvgIpc) is 3.45. The maximum Gasteiger partial charge on any atom is 0.223 e. The summed E-state index contributed by atoms with van der Waals surface area (Å²) in [6, 6.07) is 33.6. The van der Waals surface area contributed by atoms with Crippen molar-refractivity contribution in [3.05, 3.63) is 114 Å². The van der Waals surface area contributed by atoms with E-state index in [0.717, 1.165) is 23.4 Å². The molecule has 0 N–H and O–H groups in total. The van der Waals surface area contributed by atoms with E-state index in [0.29, 0.717) is 13.0 Å². The third-order valence-corrected chi connectivity index (χ3v) is 7.17. The zero-order chi connectivity index (χ0) is 23.1. The molecule has 5 aromatic rings. The molecule has 0 spiro atoms. The first kappa shape index (κ1) is 20.7. The van der Waals surface area contributed by atoms with Gasteiger partial charge in [-0.1, -0.05) is 84.9 Å². The van der Waals surface area contributed by atoms with Crippen molar-refractivity contribution in [2.75, 3.05) is 6.54 Å². The van der Waals surface area contributed by atoms with Gasteiger partial charge in [0, 0.05) is 25.4 Å². The quantitative estimate of drug-likeness (QED) is 0.318. The van der Waals surface area contributed by atoms with E-state index < -0.39 is 0 Å². The van der Waals surface area contributed by atoms with Gasteiger partial charge in [-0.25, -0.2) is 4.98 Å². The Morgan fingerprint density at radius 1 is 0.882 bits per heavy atom.